The number of nitrogens with zero attached hydrogens (tertiary/aromatic N) is 1. The molecule has 0 amide bonds. The molecule has 0 spiro atoms. The van der Waals surface area contributed by atoms with E-state index >= 15 is 0 Å². The van der Waals surface area contributed by atoms with Crippen molar-refractivity contribution in [3.8, 4) is 0 Å². The molecule has 0 aliphatic rings. The van der Waals surface area contributed by atoms with Crippen LogP contribution in [0.3, 0.4) is 0 Å². The van der Waals surface area contributed by atoms with Gasteiger partial charge in [-0.1, -0.05) is 6.07 Å². The summed E-state index contributed by atoms with van der Waals surface area (Å²) in [7, 11) is 3.81. The van der Waals surface area contributed by atoms with E-state index in [2.05, 4.69) is 46.1 Å². The van der Waals surface area contributed by atoms with Crippen molar-refractivity contribution >= 4 is 21.6 Å². The number of anilines is 1. The molecule has 0 aliphatic carbocycles. The third-order valence-electron chi connectivity index (χ3n) is 2.75. The highest BCUT2D eigenvalue weighted by atomic mass is 79.9. The molecule has 17 heavy (non-hydrogen) atoms. The van der Waals surface area contributed by atoms with Crippen LogP contribution < -0.4 is 10.6 Å². The van der Waals surface area contributed by atoms with E-state index in [1.165, 1.54) is 5.69 Å². The first-order chi connectivity index (χ1) is 8.06. The van der Waals surface area contributed by atoms with Crippen LogP contribution in [0, 0.1) is 0 Å². The highest BCUT2D eigenvalue weighted by molar-refractivity contribution is 9.10. The fourth-order valence-corrected chi connectivity index (χ4v) is 2.38. The lowest BCUT2D eigenvalue weighted by atomic mass is 10.1. The quantitative estimate of drug-likeness (QED) is 0.821. The molecule has 0 heterocycles. The lowest BCUT2D eigenvalue weighted by Gasteiger charge is -2.21. The van der Waals surface area contributed by atoms with E-state index in [0.29, 0.717) is 0 Å². The number of halogens is 1. The van der Waals surface area contributed by atoms with Gasteiger partial charge in [0.1, 0.15) is 0 Å². The Morgan fingerprint density at radius 3 is 2.71 bits per heavy atom. The molecule has 1 aromatic carbocycles. The molecule has 4 heteroatoms. The van der Waals surface area contributed by atoms with Crippen LogP contribution in [0.4, 0.5) is 5.69 Å². The van der Waals surface area contributed by atoms with Crippen LogP contribution in [0.15, 0.2) is 22.7 Å². The summed E-state index contributed by atoms with van der Waals surface area (Å²) < 4.78 is 6.14. The maximum atomic E-state index is 5.86. The highest BCUT2D eigenvalue weighted by Gasteiger charge is 2.08. The minimum atomic E-state index is 0.0687. The molecule has 3 nitrogen and oxygen atoms in total. The maximum Gasteiger partial charge on any atom is 0.0508 e. The zero-order chi connectivity index (χ0) is 12.8. The molecule has 0 aliphatic heterocycles. The van der Waals surface area contributed by atoms with Gasteiger partial charge in [-0.3, -0.25) is 0 Å². The lowest BCUT2D eigenvalue weighted by molar-refractivity contribution is 0.196. The van der Waals surface area contributed by atoms with Crippen LogP contribution in [0.5, 0.6) is 0 Å². The molecular weight excluding hydrogens is 280 g/mol. The monoisotopic (exact) mass is 300 g/mol. The average molecular weight is 301 g/mol. The second-order valence-electron chi connectivity index (χ2n) is 4.27. The Kier molecular flexibility index (Phi) is 5.95. The molecular formula is C13H21BrN2O. The normalized spacial score (nSPS) is 12.5. The second kappa shape index (κ2) is 6.99. The third-order valence-corrected chi connectivity index (χ3v) is 3.39. The van der Waals surface area contributed by atoms with Crippen LogP contribution >= 0.6 is 15.9 Å². The Morgan fingerprint density at radius 1 is 1.47 bits per heavy atom. The van der Waals surface area contributed by atoms with E-state index in [9.17, 15) is 0 Å². The van der Waals surface area contributed by atoms with E-state index in [1.807, 2.05) is 6.92 Å². The summed E-state index contributed by atoms with van der Waals surface area (Å²) in [4.78, 5) is 2.22. The van der Waals surface area contributed by atoms with Gasteiger partial charge in [-0.15, -0.1) is 0 Å². The molecule has 0 saturated carbocycles. The van der Waals surface area contributed by atoms with Crippen LogP contribution in [0.25, 0.3) is 0 Å². The van der Waals surface area contributed by atoms with Crippen molar-refractivity contribution in [3.63, 3.8) is 0 Å². The Hall–Kier alpha value is -0.580. The van der Waals surface area contributed by atoms with Crippen molar-refractivity contribution in [1.29, 1.82) is 0 Å². The Balaban J connectivity index is 2.70. The van der Waals surface area contributed by atoms with Gasteiger partial charge in [0, 0.05) is 37.8 Å². The van der Waals surface area contributed by atoms with Crippen LogP contribution in [-0.4, -0.2) is 27.3 Å². The highest BCUT2D eigenvalue weighted by Crippen LogP contribution is 2.28. The summed E-state index contributed by atoms with van der Waals surface area (Å²) >= 11 is 3.60. The molecule has 0 radical (unpaired) electrons. The topological polar surface area (TPSA) is 38.5 Å². The molecule has 0 fully saturated rings. The molecule has 1 rings (SSSR count). The molecule has 2 N–H and O–H groups in total. The lowest BCUT2D eigenvalue weighted by Crippen LogP contribution is -2.20. The van der Waals surface area contributed by atoms with Crippen LogP contribution in [0.2, 0.25) is 0 Å². The number of benzene rings is 1. The van der Waals surface area contributed by atoms with E-state index in [-0.39, 0.29) is 6.04 Å². The van der Waals surface area contributed by atoms with Crippen LogP contribution in [-0.2, 0) is 4.74 Å². The van der Waals surface area contributed by atoms with E-state index < -0.39 is 0 Å². The summed E-state index contributed by atoms with van der Waals surface area (Å²) in [5.41, 5.74) is 8.19. The van der Waals surface area contributed by atoms with Gasteiger partial charge in [-0.25, -0.2) is 0 Å². The number of methoxy groups -OCH3 is 1. The molecule has 1 atom stereocenters. The predicted octanol–water partition coefficient (Wildman–Crippen LogP) is 2.94. The number of hydrogen-bond donors (Lipinski definition) is 1. The molecule has 0 bridgehead atoms. The summed E-state index contributed by atoms with van der Waals surface area (Å²) in [6, 6.07) is 6.35. The Bertz CT molecular complexity index is 355. The number of rotatable bonds is 6. The molecule has 1 aromatic rings. The van der Waals surface area contributed by atoms with Gasteiger partial charge in [0.15, 0.2) is 0 Å². The third kappa shape index (κ3) is 4.30. The predicted molar refractivity (Wildman–Crippen MR) is 76.5 cm³/mol. The SMILES string of the molecule is COCCCN(C)c1ccc([C@H](C)N)cc1Br. The zero-order valence-corrected chi connectivity index (χ0v) is 12.3. The van der Waals surface area contributed by atoms with Gasteiger partial charge < -0.3 is 15.4 Å². The molecule has 0 aromatic heterocycles. The minimum Gasteiger partial charge on any atom is -0.385 e. The van der Waals surface area contributed by atoms with Gasteiger partial charge >= 0.3 is 0 Å². The van der Waals surface area contributed by atoms with E-state index in [0.717, 1.165) is 29.6 Å². The van der Waals surface area contributed by atoms with E-state index in [1.54, 1.807) is 7.11 Å². The summed E-state index contributed by atoms with van der Waals surface area (Å²) in [5.74, 6) is 0. The fraction of sp³-hybridized carbons (Fsp3) is 0.538. The van der Waals surface area contributed by atoms with Crippen molar-refractivity contribution in [2.75, 3.05) is 32.2 Å². The fourth-order valence-electron chi connectivity index (χ4n) is 1.68. The maximum absolute atomic E-state index is 5.86. The van der Waals surface area contributed by atoms with Crippen LogP contribution in [0.1, 0.15) is 24.9 Å². The zero-order valence-electron chi connectivity index (χ0n) is 10.7. The first-order valence-electron chi connectivity index (χ1n) is 5.81. The summed E-state index contributed by atoms with van der Waals surface area (Å²) in [6.45, 7) is 3.76. The smallest absolute Gasteiger partial charge is 0.0508 e. The van der Waals surface area contributed by atoms with Gasteiger partial charge in [-0.2, -0.15) is 0 Å². The molecule has 0 unspecified atom stereocenters. The van der Waals surface area contributed by atoms with Crippen molar-refractivity contribution in [2.24, 2.45) is 5.73 Å². The van der Waals surface area contributed by atoms with Gasteiger partial charge in [0.2, 0.25) is 0 Å². The summed E-state index contributed by atoms with van der Waals surface area (Å²) in [6.07, 6.45) is 1.02. The van der Waals surface area contributed by atoms with Crippen molar-refractivity contribution in [2.45, 2.75) is 19.4 Å². The largest absolute Gasteiger partial charge is 0.385 e. The van der Waals surface area contributed by atoms with Crippen molar-refractivity contribution in [1.82, 2.24) is 0 Å². The Morgan fingerprint density at radius 2 is 2.18 bits per heavy atom. The number of ether oxygens (including phenoxy) is 1. The Labute approximate surface area is 112 Å². The minimum absolute atomic E-state index is 0.0687. The van der Waals surface area contributed by atoms with Gasteiger partial charge in [-0.05, 0) is 47.0 Å². The number of hydrogen-bond acceptors (Lipinski definition) is 3. The van der Waals surface area contributed by atoms with E-state index in [4.69, 9.17) is 10.5 Å². The number of nitrogens with two attached hydrogens (primary N) is 1. The van der Waals surface area contributed by atoms with Crippen molar-refractivity contribution < 1.29 is 4.74 Å². The van der Waals surface area contributed by atoms with Crippen molar-refractivity contribution in [3.05, 3.63) is 28.2 Å². The first kappa shape index (κ1) is 14.5. The standard InChI is InChI=1S/C13H21BrN2O/c1-10(15)11-5-6-13(12(14)9-11)16(2)7-4-8-17-3/h5-6,9-10H,4,7-8,15H2,1-3H3/t10-/m0/s1. The second-order valence-corrected chi connectivity index (χ2v) is 5.12. The average Bonchev–Trinajstić information content (AvgIpc) is 2.28. The van der Waals surface area contributed by atoms with Gasteiger partial charge in [0.25, 0.3) is 0 Å². The molecule has 0 saturated heterocycles. The molecule has 96 valence electrons. The van der Waals surface area contributed by atoms with Gasteiger partial charge in [0.05, 0.1) is 5.69 Å². The first-order valence-corrected chi connectivity index (χ1v) is 6.60. The summed E-state index contributed by atoms with van der Waals surface area (Å²) in [5, 5.41) is 0.